The molecule has 160 valence electrons. The highest BCUT2D eigenvalue weighted by Crippen LogP contribution is 2.53. The van der Waals surface area contributed by atoms with E-state index in [1.165, 1.54) is 19.3 Å². The zero-order valence-electron chi connectivity index (χ0n) is 19.4. The number of aliphatic hydroxyl groups excluding tert-OH is 2. The molecule has 0 amide bonds. The minimum atomic E-state index is -0.318. The van der Waals surface area contributed by atoms with Crippen LogP contribution in [0.1, 0.15) is 87.5 Å². The SMILES string of the molecule is CC(C)CC(C(C)C)[C@@H]1CC2CC[C@H](C(CC(C)C)C(C)C)C(O)C2C1O. The molecule has 2 nitrogen and oxygen atoms in total. The van der Waals surface area contributed by atoms with Gasteiger partial charge >= 0.3 is 0 Å². The molecule has 0 heterocycles. The molecule has 2 N–H and O–H groups in total. The first-order chi connectivity index (χ1) is 12.5. The molecule has 0 saturated heterocycles. The van der Waals surface area contributed by atoms with Crippen molar-refractivity contribution in [1.29, 1.82) is 0 Å². The lowest BCUT2D eigenvalue weighted by atomic mass is 9.64. The zero-order chi connectivity index (χ0) is 20.5. The van der Waals surface area contributed by atoms with Crippen LogP contribution in [0.15, 0.2) is 0 Å². The first-order valence-corrected chi connectivity index (χ1v) is 11.9. The Morgan fingerprint density at radius 2 is 1.11 bits per heavy atom. The Balaban J connectivity index is 2.17. The van der Waals surface area contributed by atoms with E-state index in [0.717, 1.165) is 12.8 Å². The summed E-state index contributed by atoms with van der Waals surface area (Å²) in [6, 6.07) is 0. The molecule has 2 fully saturated rings. The van der Waals surface area contributed by atoms with Gasteiger partial charge < -0.3 is 10.2 Å². The fourth-order valence-electron chi connectivity index (χ4n) is 6.73. The van der Waals surface area contributed by atoms with Crippen molar-refractivity contribution in [1.82, 2.24) is 0 Å². The fraction of sp³-hybridized carbons (Fsp3) is 1.00. The standard InChI is InChI=1S/C25H48O2/c1-14(2)11-20(16(5)6)19-10-9-18-13-22(25(27)23(18)24(19)26)21(17(7)8)12-15(3)4/h14-27H,9-13H2,1-8H3/t18?,19-,20?,21?,22+,23?,24?,25?/m1/s1. The van der Waals surface area contributed by atoms with Crippen molar-refractivity contribution in [2.45, 2.75) is 99.7 Å². The summed E-state index contributed by atoms with van der Waals surface area (Å²) in [5.41, 5.74) is 0. The Morgan fingerprint density at radius 1 is 0.667 bits per heavy atom. The minimum absolute atomic E-state index is 0.107. The molecule has 0 aromatic heterocycles. The molecule has 0 aliphatic heterocycles. The van der Waals surface area contributed by atoms with Gasteiger partial charge in [0.1, 0.15) is 0 Å². The maximum Gasteiger partial charge on any atom is 0.0626 e. The smallest absolute Gasteiger partial charge is 0.0626 e. The van der Waals surface area contributed by atoms with Gasteiger partial charge in [0.2, 0.25) is 0 Å². The molecule has 0 radical (unpaired) electrons. The van der Waals surface area contributed by atoms with Gasteiger partial charge in [0.25, 0.3) is 0 Å². The van der Waals surface area contributed by atoms with Crippen LogP contribution < -0.4 is 0 Å². The maximum absolute atomic E-state index is 11.4. The van der Waals surface area contributed by atoms with Crippen LogP contribution in [0.25, 0.3) is 0 Å². The van der Waals surface area contributed by atoms with E-state index < -0.39 is 0 Å². The third-order valence-corrected chi connectivity index (χ3v) is 7.96. The van der Waals surface area contributed by atoms with Crippen LogP contribution >= 0.6 is 0 Å². The summed E-state index contributed by atoms with van der Waals surface area (Å²) in [4.78, 5) is 0. The maximum atomic E-state index is 11.4. The Morgan fingerprint density at radius 3 is 1.56 bits per heavy atom. The summed E-state index contributed by atoms with van der Waals surface area (Å²) in [7, 11) is 0. The average Bonchev–Trinajstić information content (AvgIpc) is 2.87. The van der Waals surface area contributed by atoms with Crippen molar-refractivity contribution in [3.63, 3.8) is 0 Å². The Hall–Kier alpha value is -0.0800. The van der Waals surface area contributed by atoms with E-state index in [1.54, 1.807) is 0 Å². The summed E-state index contributed by atoms with van der Waals surface area (Å²) in [5, 5.41) is 22.7. The lowest BCUT2D eigenvalue weighted by molar-refractivity contribution is -0.0818. The van der Waals surface area contributed by atoms with Crippen molar-refractivity contribution >= 4 is 0 Å². The van der Waals surface area contributed by atoms with Crippen LogP contribution in [0.5, 0.6) is 0 Å². The van der Waals surface area contributed by atoms with Crippen LogP contribution in [0, 0.1) is 59.2 Å². The highest BCUT2D eigenvalue weighted by molar-refractivity contribution is 5.02. The minimum Gasteiger partial charge on any atom is -0.392 e. The van der Waals surface area contributed by atoms with E-state index in [4.69, 9.17) is 0 Å². The predicted molar refractivity (Wildman–Crippen MR) is 115 cm³/mol. The van der Waals surface area contributed by atoms with Crippen LogP contribution in [-0.2, 0) is 0 Å². The zero-order valence-corrected chi connectivity index (χ0v) is 19.4. The van der Waals surface area contributed by atoms with Crippen molar-refractivity contribution in [3.05, 3.63) is 0 Å². The predicted octanol–water partition coefficient (Wildman–Crippen LogP) is 6.01. The molecule has 8 atom stereocenters. The number of rotatable bonds is 8. The van der Waals surface area contributed by atoms with Gasteiger partial charge in [-0.1, -0.05) is 55.4 Å². The van der Waals surface area contributed by atoms with E-state index in [0.29, 0.717) is 53.3 Å². The molecule has 2 heteroatoms. The highest BCUT2D eigenvalue weighted by atomic mass is 16.3. The molecule has 2 saturated carbocycles. The Bertz CT molecular complexity index is 422. The van der Waals surface area contributed by atoms with Crippen LogP contribution in [0.4, 0.5) is 0 Å². The summed E-state index contributed by atoms with van der Waals surface area (Å²) >= 11 is 0. The second-order valence-electron chi connectivity index (χ2n) is 11.5. The van der Waals surface area contributed by atoms with Gasteiger partial charge in [0.05, 0.1) is 12.2 Å². The van der Waals surface area contributed by atoms with Gasteiger partial charge in [0.15, 0.2) is 0 Å². The van der Waals surface area contributed by atoms with E-state index in [-0.39, 0.29) is 18.1 Å². The highest BCUT2D eigenvalue weighted by Gasteiger charge is 2.53. The summed E-state index contributed by atoms with van der Waals surface area (Å²) in [6.07, 6.45) is 5.23. The molecule has 2 rings (SSSR count). The molecular weight excluding hydrogens is 332 g/mol. The lowest BCUT2D eigenvalue weighted by Crippen LogP contribution is -2.46. The molecular formula is C25H48O2. The van der Waals surface area contributed by atoms with E-state index >= 15 is 0 Å². The van der Waals surface area contributed by atoms with Gasteiger partial charge in [-0.15, -0.1) is 0 Å². The number of hydrogen-bond donors (Lipinski definition) is 2. The van der Waals surface area contributed by atoms with Gasteiger partial charge in [-0.3, -0.25) is 0 Å². The summed E-state index contributed by atoms with van der Waals surface area (Å²) < 4.78 is 0. The molecule has 0 aromatic carbocycles. The van der Waals surface area contributed by atoms with Crippen molar-refractivity contribution < 1.29 is 10.2 Å². The normalized spacial score (nSPS) is 36.7. The third kappa shape index (κ3) is 5.30. The lowest BCUT2D eigenvalue weighted by Gasteiger charge is -2.44. The van der Waals surface area contributed by atoms with E-state index in [2.05, 4.69) is 55.4 Å². The van der Waals surface area contributed by atoms with Crippen LogP contribution in [-0.4, -0.2) is 22.4 Å². The fourth-order valence-corrected chi connectivity index (χ4v) is 6.73. The Kier molecular flexibility index (Phi) is 8.26. The number of hydrogen-bond acceptors (Lipinski definition) is 2. The second kappa shape index (κ2) is 9.61. The Labute approximate surface area is 169 Å². The first kappa shape index (κ1) is 23.2. The van der Waals surface area contributed by atoms with Gasteiger partial charge in [-0.25, -0.2) is 0 Å². The molecule has 0 aromatic rings. The third-order valence-electron chi connectivity index (χ3n) is 7.96. The topological polar surface area (TPSA) is 40.5 Å². The van der Waals surface area contributed by atoms with E-state index in [1.807, 2.05) is 0 Å². The molecule has 6 unspecified atom stereocenters. The van der Waals surface area contributed by atoms with E-state index in [9.17, 15) is 10.2 Å². The van der Waals surface area contributed by atoms with Crippen LogP contribution in [0.2, 0.25) is 0 Å². The molecule has 27 heavy (non-hydrogen) atoms. The molecule has 2 aliphatic rings. The van der Waals surface area contributed by atoms with Gasteiger partial charge in [-0.2, -0.15) is 0 Å². The summed E-state index contributed by atoms with van der Waals surface area (Å²) in [5.74, 6) is 5.06. The van der Waals surface area contributed by atoms with Crippen molar-refractivity contribution in [2.75, 3.05) is 0 Å². The van der Waals surface area contributed by atoms with Crippen molar-refractivity contribution in [2.24, 2.45) is 59.2 Å². The quantitative estimate of drug-likeness (QED) is 0.541. The molecule has 0 bridgehead atoms. The monoisotopic (exact) mass is 380 g/mol. The van der Waals surface area contributed by atoms with Crippen LogP contribution in [0.3, 0.4) is 0 Å². The number of aliphatic hydroxyl groups is 2. The van der Waals surface area contributed by atoms with Crippen molar-refractivity contribution in [3.8, 4) is 0 Å². The second-order valence-corrected chi connectivity index (χ2v) is 11.5. The van der Waals surface area contributed by atoms with Gasteiger partial charge in [-0.05, 0) is 85.4 Å². The molecule has 0 spiro atoms. The molecule has 2 aliphatic carbocycles. The first-order valence-electron chi connectivity index (χ1n) is 11.9. The summed E-state index contributed by atoms with van der Waals surface area (Å²) in [6.45, 7) is 18.5. The largest absolute Gasteiger partial charge is 0.392 e. The average molecular weight is 381 g/mol. The number of fused-ring (bicyclic) bond motifs is 1. The van der Waals surface area contributed by atoms with Gasteiger partial charge in [0, 0.05) is 5.92 Å².